The summed E-state index contributed by atoms with van der Waals surface area (Å²) in [7, 11) is 2.99. The van der Waals surface area contributed by atoms with Crippen molar-refractivity contribution in [1.29, 1.82) is 0 Å². The minimum Gasteiger partial charge on any atom is -0.493 e. The first-order chi connectivity index (χ1) is 14.0. The zero-order valence-electron chi connectivity index (χ0n) is 15.6. The predicted octanol–water partition coefficient (Wildman–Crippen LogP) is 4.53. The summed E-state index contributed by atoms with van der Waals surface area (Å²) in [4.78, 5) is 29.8. The van der Waals surface area contributed by atoms with Crippen LogP contribution in [0.2, 0.25) is 5.02 Å². The van der Waals surface area contributed by atoms with Crippen LogP contribution in [-0.4, -0.2) is 36.8 Å². The number of Topliss-reactive ketones (excluding diaryl/α,β-unsaturated/α-hetero) is 1. The van der Waals surface area contributed by atoms with Crippen molar-refractivity contribution in [2.45, 2.75) is 0 Å². The van der Waals surface area contributed by atoms with Crippen LogP contribution in [0.5, 0.6) is 11.5 Å². The summed E-state index contributed by atoms with van der Waals surface area (Å²) in [6.07, 6.45) is 0. The Bertz CT molecular complexity index is 1200. The maximum Gasteiger partial charge on any atom is 0.320 e. The van der Waals surface area contributed by atoms with E-state index >= 15 is 0 Å². The number of fused-ring (bicyclic) bond motifs is 3. The van der Waals surface area contributed by atoms with Gasteiger partial charge in [-0.15, -0.1) is 0 Å². The lowest BCUT2D eigenvalue weighted by Gasteiger charge is -2.23. The molecule has 7 heteroatoms. The third-order valence-corrected chi connectivity index (χ3v) is 5.24. The molecule has 1 atom stereocenters. The van der Waals surface area contributed by atoms with Crippen molar-refractivity contribution in [1.82, 2.24) is 0 Å². The van der Waals surface area contributed by atoms with Crippen LogP contribution in [0.4, 0.5) is 5.69 Å². The molecule has 6 nitrogen and oxygen atoms in total. The molecule has 0 saturated carbocycles. The van der Waals surface area contributed by atoms with Gasteiger partial charge < -0.3 is 14.6 Å². The number of rotatable bonds is 4. The molecule has 0 fully saturated rings. The van der Waals surface area contributed by atoms with Crippen LogP contribution >= 0.6 is 11.6 Å². The van der Waals surface area contributed by atoms with Crippen molar-refractivity contribution < 1.29 is 24.2 Å². The molecule has 0 aliphatic carbocycles. The summed E-state index contributed by atoms with van der Waals surface area (Å²) in [6, 6.07) is 13.7. The Balaban J connectivity index is 2.02. The van der Waals surface area contributed by atoms with Crippen LogP contribution in [0.1, 0.15) is 15.9 Å². The van der Waals surface area contributed by atoms with E-state index in [9.17, 15) is 14.7 Å². The molecule has 3 aromatic rings. The summed E-state index contributed by atoms with van der Waals surface area (Å²) >= 11 is 6.33. The lowest BCUT2D eigenvalue weighted by molar-refractivity contribution is -0.137. The molecule has 1 aliphatic rings. The fourth-order valence-corrected chi connectivity index (χ4v) is 3.82. The molecule has 0 radical (unpaired) electrons. The Labute approximate surface area is 171 Å². The molecular weight excluding hydrogens is 394 g/mol. The third-order valence-electron chi connectivity index (χ3n) is 4.93. The molecule has 0 saturated heterocycles. The van der Waals surface area contributed by atoms with Crippen LogP contribution in [0.15, 0.2) is 53.5 Å². The highest BCUT2D eigenvalue weighted by Crippen LogP contribution is 2.41. The smallest absolute Gasteiger partial charge is 0.320 e. The largest absolute Gasteiger partial charge is 0.493 e. The Hall–Kier alpha value is -3.38. The highest BCUT2D eigenvalue weighted by molar-refractivity contribution is 6.39. The van der Waals surface area contributed by atoms with E-state index in [1.165, 1.54) is 20.3 Å². The van der Waals surface area contributed by atoms with E-state index < -0.39 is 17.7 Å². The standard InChI is InChI=1S/C22H16ClNO5/c1-28-16-8-7-11(9-17(16)29-2)19-18(22(26)27)21(25)14-10-15(23)12-5-3-4-6-13(12)20(14)24-19/h3-10,18H,1-2H3,(H,26,27). The number of ketones is 1. The number of aliphatic imine (C=N–C) groups is 1. The monoisotopic (exact) mass is 409 g/mol. The highest BCUT2D eigenvalue weighted by Gasteiger charge is 2.39. The maximum atomic E-state index is 13.1. The maximum absolute atomic E-state index is 13.1. The number of hydrogen-bond donors (Lipinski definition) is 1. The van der Waals surface area contributed by atoms with Gasteiger partial charge in [-0.05, 0) is 24.3 Å². The molecular formula is C22H16ClNO5. The molecule has 1 heterocycles. The van der Waals surface area contributed by atoms with E-state index in [4.69, 9.17) is 21.1 Å². The third kappa shape index (κ3) is 3.02. The van der Waals surface area contributed by atoms with Crippen molar-refractivity contribution >= 4 is 45.5 Å². The van der Waals surface area contributed by atoms with Gasteiger partial charge in [0.2, 0.25) is 0 Å². The molecule has 1 unspecified atom stereocenters. The molecule has 1 aliphatic heterocycles. The minimum absolute atomic E-state index is 0.142. The fourth-order valence-electron chi connectivity index (χ4n) is 3.54. The molecule has 0 amide bonds. The van der Waals surface area contributed by atoms with Crippen molar-refractivity contribution in [2.75, 3.05) is 14.2 Å². The van der Waals surface area contributed by atoms with Gasteiger partial charge in [0.05, 0.1) is 25.6 Å². The zero-order chi connectivity index (χ0) is 20.7. The molecule has 0 bridgehead atoms. The van der Waals surface area contributed by atoms with Gasteiger partial charge in [0, 0.05) is 26.9 Å². The second-order valence-electron chi connectivity index (χ2n) is 6.50. The van der Waals surface area contributed by atoms with Crippen LogP contribution in [0.3, 0.4) is 0 Å². The summed E-state index contributed by atoms with van der Waals surface area (Å²) in [5.41, 5.74) is 1.22. The van der Waals surface area contributed by atoms with E-state index in [-0.39, 0.29) is 11.3 Å². The number of aliphatic carboxylic acids is 1. The van der Waals surface area contributed by atoms with Gasteiger partial charge in [-0.3, -0.25) is 14.6 Å². The zero-order valence-corrected chi connectivity index (χ0v) is 16.4. The van der Waals surface area contributed by atoms with Crippen LogP contribution in [-0.2, 0) is 4.79 Å². The Kier molecular flexibility index (Phi) is 4.72. The van der Waals surface area contributed by atoms with Gasteiger partial charge >= 0.3 is 5.97 Å². The van der Waals surface area contributed by atoms with E-state index in [1.54, 1.807) is 18.2 Å². The molecule has 29 heavy (non-hydrogen) atoms. The number of halogens is 1. The van der Waals surface area contributed by atoms with Gasteiger partial charge in [-0.1, -0.05) is 35.9 Å². The Morgan fingerprint density at radius 1 is 1.03 bits per heavy atom. The summed E-state index contributed by atoms with van der Waals surface area (Å²) in [5.74, 6) is -2.38. The molecule has 3 aromatic carbocycles. The number of benzene rings is 3. The Morgan fingerprint density at radius 2 is 1.72 bits per heavy atom. The number of ether oxygens (including phenoxy) is 2. The van der Waals surface area contributed by atoms with Gasteiger partial charge in [0.1, 0.15) is 0 Å². The minimum atomic E-state index is -1.45. The van der Waals surface area contributed by atoms with Crippen molar-refractivity contribution in [3.8, 4) is 11.5 Å². The van der Waals surface area contributed by atoms with Crippen LogP contribution in [0, 0.1) is 5.92 Å². The number of hydrogen-bond acceptors (Lipinski definition) is 5. The topological polar surface area (TPSA) is 85.2 Å². The van der Waals surface area contributed by atoms with Crippen LogP contribution < -0.4 is 9.47 Å². The summed E-state index contributed by atoms with van der Waals surface area (Å²) < 4.78 is 10.6. The SMILES string of the molecule is COc1ccc(C2=Nc3c(cc(Cl)c4ccccc34)C(=O)C2C(=O)O)cc1OC. The molecule has 4 rings (SSSR count). The first kappa shape index (κ1) is 19.0. The highest BCUT2D eigenvalue weighted by atomic mass is 35.5. The molecule has 0 spiro atoms. The average molecular weight is 410 g/mol. The fraction of sp³-hybridized carbons (Fsp3) is 0.136. The van der Waals surface area contributed by atoms with Crippen molar-refractivity contribution in [2.24, 2.45) is 10.9 Å². The average Bonchev–Trinajstić information content (AvgIpc) is 2.73. The molecule has 0 aromatic heterocycles. The van der Waals surface area contributed by atoms with Gasteiger partial charge in [0.25, 0.3) is 0 Å². The van der Waals surface area contributed by atoms with Crippen LogP contribution in [0.25, 0.3) is 10.8 Å². The molecule has 1 N–H and O–H groups in total. The molecule has 146 valence electrons. The van der Waals surface area contributed by atoms with E-state index in [0.29, 0.717) is 33.2 Å². The van der Waals surface area contributed by atoms with E-state index in [2.05, 4.69) is 4.99 Å². The van der Waals surface area contributed by atoms with Gasteiger partial charge in [-0.2, -0.15) is 0 Å². The number of methoxy groups -OCH3 is 2. The second-order valence-corrected chi connectivity index (χ2v) is 6.91. The van der Waals surface area contributed by atoms with E-state index in [1.807, 2.05) is 24.3 Å². The Morgan fingerprint density at radius 3 is 2.38 bits per heavy atom. The lowest BCUT2D eigenvalue weighted by atomic mass is 9.84. The van der Waals surface area contributed by atoms with Crippen molar-refractivity contribution in [3.63, 3.8) is 0 Å². The predicted molar refractivity (Wildman–Crippen MR) is 110 cm³/mol. The summed E-state index contributed by atoms with van der Waals surface area (Å²) in [6.45, 7) is 0. The number of carbonyl (C=O) groups excluding carboxylic acids is 1. The summed E-state index contributed by atoms with van der Waals surface area (Å²) in [5, 5.41) is 11.6. The normalized spacial score (nSPS) is 15.6. The van der Waals surface area contributed by atoms with Crippen molar-refractivity contribution in [3.05, 3.63) is 64.7 Å². The second kappa shape index (κ2) is 7.22. The van der Waals surface area contributed by atoms with E-state index in [0.717, 1.165) is 5.39 Å². The number of nitrogens with zero attached hydrogens (tertiary/aromatic N) is 1. The van der Waals surface area contributed by atoms with Gasteiger partial charge in [0.15, 0.2) is 23.2 Å². The quantitative estimate of drug-likeness (QED) is 0.640. The van der Waals surface area contributed by atoms with Gasteiger partial charge in [-0.25, -0.2) is 0 Å². The first-order valence-corrected chi connectivity index (χ1v) is 9.13. The number of carbonyl (C=O) groups is 2. The first-order valence-electron chi connectivity index (χ1n) is 8.75. The number of carboxylic acid groups (broad SMARTS) is 1. The lowest BCUT2D eigenvalue weighted by Crippen LogP contribution is -2.35. The number of carboxylic acids is 1.